The number of para-hydroxylation sites is 2. The highest BCUT2D eigenvalue weighted by Gasteiger charge is 2.40. The molecule has 8 rings (SSSR count). The zero-order valence-corrected chi connectivity index (χ0v) is 36.8. The standard InChI is InChI=1S/C27H31N3O4.C24H25N3O4/c1-19-16-21(23-8-4-5-9-24(23)28-19)18-34-22-12-10-20(11-13-22)26(32)29-27(17-25(31)30-33)14-6-2-3-7-15-27;1-16-13-18(20-5-2-3-6-21(20)25-16)15-31-19-9-7-17(8-10-19)23(29)26-24(11-4-12-24)14-22(28)27-30/h4-5,8-13,16,33H,2-3,6-7,14-15,17-18H2,1H3,(H,29,32)(H,30,31);2-3,5-10,13,30H,4,11-12,14-15H2,1H3,(H,26,29)(H,27,28). The molecule has 2 aromatic heterocycles. The predicted octanol–water partition coefficient (Wildman–Crippen LogP) is 8.51. The van der Waals surface area contributed by atoms with Gasteiger partial charge >= 0.3 is 0 Å². The van der Waals surface area contributed by atoms with Crippen molar-refractivity contribution >= 4 is 45.4 Å². The van der Waals surface area contributed by atoms with Crippen molar-refractivity contribution in [2.45, 2.75) is 109 Å². The van der Waals surface area contributed by atoms with Crippen LogP contribution in [-0.2, 0) is 22.8 Å². The van der Waals surface area contributed by atoms with Crippen LogP contribution in [0.3, 0.4) is 0 Å². The number of hydrogen-bond acceptors (Lipinski definition) is 10. The Hall–Kier alpha value is -6.90. The van der Waals surface area contributed by atoms with E-state index in [0.717, 1.165) is 76.4 Å². The molecular formula is C51H56N6O8. The van der Waals surface area contributed by atoms with Crippen molar-refractivity contribution in [1.82, 2.24) is 31.6 Å². The maximum absolute atomic E-state index is 13.0. The van der Waals surface area contributed by atoms with Crippen molar-refractivity contribution < 1.29 is 39.1 Å². The molecule has 4 amide bonds. The molecule has 2 heterocycles. The van der Waals surface area contributed by atoms with Crippen molar-refractivity contribution in [3.8, 4) is 11.5 Å². The smallest absolute Gasteiger partial charge is 0.251 e. The van der Waals surface area contributed by atoms with Crippen molar-refractivity contribution in [3.05, 3.63) is 143 Å². The first-order valence-electron chi connectivity index (χ1n) is 22.1. The van der Waals surface area contributed by atoms with Crippen LogP contribution in [-0.4, -0.2) is 55.1 Å². The van der Waals surface area contributed by atoms with Gasteiger partial charge in [0.05, 0.1) is 23.9 Å². The second kappa shape index (κ2) is 21.2. The lowest BCUT2D eigenvalue weighted by molar-refractivity contribution is -0.132. The van der Waals surface area contributed by atoms with Crippen LogP contribution in [0.4, 0.5) is 0 Å². The molecule has 2 fully saturated rings. The van der Waals surface area contributed by atoms with Gasteiger partial charge in [-0.3, -0.25) is 39.6 Å². The monoisotopic (exact) mass is 880 g/mol. The van der Waals surface area contributed by atoms with Gasteiger partial charge in [-0.05, 0) is 119 Å². The summed E-state index contributed by atoms with van der Waals surface area (Å²) in [6, 6.07) is 34.0. The van der Waals surface area contributed by atoms with Gasteiger partial charge in [0.2, 0.25) is 11.8 Å². The van der Waals surface area contributed by atoms with Crippen molar-refractivity contribution in [2.24, 2.45) is 0 Å². The fourth-order valence-corrected chi connectivity index (χ4v) is 8.78. The molecule has 4 aromatic carbocycles. The Balaban J connectivity index is 0.000000195. The molecule has 0 spiro atoms. The number of hydroxylamine groups is 2. The number of nitrogens with one attached hydrogen (secondary N) is 4. The van der Waals surface area contributed by atoms with Gasteiger partial charge in [-0.15, -0.1) is 0 Å². The van der Waals surface area contributed by atoms with Crippen LogP contribution in [0.15, 0.2) is 109 Å². The number of benzene rings is 4. The lowest BCUT2D eigenvalue weighted by Gasteiger charge is -2.42. The first-order valence-corrected chi connectivity index (χ1v) is 22.1. The molecule has 0 bridgehead atoms. The van der Waals surface area contributed by atoms with Crippen LogP contribution in [0.25, 0.3) is 21.8 Å². The average Bonchev–Trinajstić information content (AvgIpc) is 3.54. The topological polar surface area (TPSA) is 201 Å². The van der Waals surface area contributed by atoms with Crippen LogP contribution < -0.4 is 31.1 Å². The number of hydrogen-bond donors (Lipinski definition) is 6. The lowest BCUT2D eigenvalue weighted by atomic mass is 9.74. The van der Waals surface area contributed by atoms with Gasteiger partial charge in [-0.1, -0.05) is 62.1 Å². The van der Waals surface area contributed by atoms with E-state index in [9.17, 15) is 19.2 Å². The summed E-state index contributed by atoms with van der Waals surface area (Å²) < 4.78 is 12.0. The molecule has 0 radical (unpaired) electrons. The minimum Gasteiger partial charge on any atom is -0.489 e. The molecule has 14 nitrogen and oxygen atoms in total. The summed E-state index contributed by atoms with van der Waals surface area (Å²) in [5, 5.41) is 26.0. The molecule has 0 atom stereocenters. The van der Waals surface area contributed by atoms with E-state index in [1.807, 2.05) is 74.5 Å². The number of nitrogens with zero attached hydrogens (tertiary/aromatic N) is 2. The van der Waals surface area contributed by atoms with E-state index in [0.29, 0.717) is 61.5 Å². The molecule has 6 N–H and O–H groups in total. The zero-order valence-electron chi connectivity index (χ0n) is 36.8. The largest absolute Gasteiger partial charge is 0.489 e. The third-order valence-electron chi connectivity index (χ3n) is 12.3. The van der Waals surface area contributed by atoms with E-state index in [1.165, 1.54) is 0 Å². The summed E-state index contributed by atoms with van der Waals surface area (Å²) in [4.78, 5) is 58.2. The van der Waals surface area contributed by atoms with Gasteiger partial charge in [0.25, 0.3) is 11.8 Å². The molecule has 2 aliphatic rings. The van der Waals surface area contributed by atoms with E-state index < -0.39 is 22.9 Å². The number of aromatic nitrogens is 2. The molecule has 2 aliphatic carbocycles. The first kappa shape index (κ1) is 46.1. The van der Waals surface area contributed by atoms with Gasteiger partial charge in [-0.2, -0.15) is 0 Å². The van der Waals surface area contributed by atoms with E-state index >= 15 is 0 Å². The van der Waals surface area contributed by atoms with Gasteiger partial charge in [0.15, 0.2) is 0 Å². The Morgan fingerprint density at radius 1 is 0.538 bits per heavy atom. The summed E-state index contributed by atoms with van der Waals surface area (Å²) in [7, 11) is 0. The molecule has 0 saturated heterocycles. The average molecular weight is 881 g/mol. The number of carbonyl (C=O) groups excluding carboxylic acids is 4. The van der Waals surface area contributed by atoms with Crippen molar-refractivity contribution in [3.63, 3.8) is 0 Å². The van der Waals surface area contributed by atoms with Crippen LogP contribution in [0, 0.1) is 13.8 Å². The SMILES string of the molecule is Cc1cc(COc2ccc(C(=O)NC3(CC(=O)NO)CCC3)cc2)c2ccccc2n1.Cc1cc(COc2ccc(C(=O)NC3(CC(=O)NO)CCCCCC3)cc2)c2ccccc2n1. The number of ether oxygens (including phenoxy) is 2. The lowest BCUT2D eigenvalue weighted by Crippen LogP contribution is -2.55. The van der Waals surface area contributed by atoms with Crippen LogP contribution >= 0.6 is 0 Å². The van der Waals surface area contributed by atoms with Gasteiger partial charge in [0, 0.05) is 55.5 Å². The van der Waals surface area contributed by atoms with Gasteiger partial charge in [-0.25, -0.2) is 11.0 Å². The Labute approximate surface area is 378 Å². The van der Waals surface area contributed by atoms with Crippen LogP contribution in [0.2, 0.25) is 0 Å². The number of carbonyl (C=O) groups is 4. The minimum absolute atomic E-state index is 0.0652. The second-order valence-electron chi connectivity index (χ2n) is 17.2. The van der Waals surface area contributed by atoms with Gasteiger partial charge < -0.3 is 20.1 Å². The Morgan fingerprint density at radius 2 is 0.923 bits per heavy atom. The third-order valence-corrected chi connectivity index (χ3v) is 12.3. The number of fused-ring (bicyclic) bond motifs is 2. The molecule has 0 aliphatic heterocycles. The number of aryl methyl sites for hydroxylation is 2. The summed E-state index contributed by atoms with van der Waals surface area (Å²) in [5.74, 6) is -0.123. The minimum atomic E-state index is -0.643. The molecule has 14 heteroatoms. The highest BCUT2D eigenvalue weighted by atomic mass is 16.5. The molecule has 65 heavy (non-hydrogen) atoms. The quantitative estimate of drug-likeness (QED) is 0.0350. The summed E-state index contributed by atoms with van der Waals surface area (Å²) in [5.41, 5.74) is 8.98. The van der Waals surface area contributed by atoms with E-state index in [2.05, 4.69) is 20.6 Å². The number of pyridine rings is 2. The highest BCUT2D eigenvalue weighted by molar-refractivity contribution is 5.96. The molecular weight excluding hydrogens is 825 g/mol. The summed E-state index contributed by atoms with van der Waals surface area (Å²) >= 11 is 0. The maximum Gasteiger partial charge on any atom is 0.251 e. The van der Waals surface area contributed by atoms with Crippen LogP contribution in [0.1, 0.15) is 114 Å². The molecule has 2 saturated carbocycles. The predicted molar refractivity (Wildman–Crippen MR) is 246 cm³/mol. The van der Waals surface area contributed by atoms with Crippen LogP contribution in [0.5, 0.6) is 11.5 Å². The zero-order chi connectivity index (χ0) is 45.8. The van der Waals surface area contributed by atoms with Crippen molar-refractivity contribution in [1.29, 1.82) is 0 Å². The molecule has 0 unspecified atom stereocenters. The second-order valence-corrected chi connectivity index (χ2v) is 17.2. The van der Waals surface area contributed by atoms with E-state index in [4.69, 9.17) is 19.9 Å². The van der Waals surface area contributed by atoms with Gasteiger partial charge in [0.1, 0.15) is 24.7 Å². The third kappa shape index (κ3) is 12.0. The molecule has 6 aromatic rings. The van der Waals surface area contributed by atoms with E-state index in [-0.39, 0.29) is 24.7 Å². The maximum atomic E-state index is 13.0. The fourth-order valence-electron chi connectivity index (χ4n) is 8.78. The highest BCUT2D eigenvalue weighted by Crippen LogP contribution is 2.35. The normalized spacial score (nSPS) is 15.0. The number of rotatable bonds is 14. The first-order chi connectivity index (χ1) is 31.5. The Morgan fingerprint density at radius 3 is 1.29 bits per heavy atom. The Kier molecular flexibility index (Phi) is 15.0. The molecule has 338 valence electrons. The van der Waals surface area contributed by atoms with Crippen molar-refractivity contribution in [2.75, 3.05) is 0 Å². The fraction of sp³-hybridized carbons (Fsp3) is 0.333. The summed E-state index contributed by atoms with van der Waals surface area (Å²) in [6.45, 7) is 4.72. The van der Waals surface area contributed by atoms with E-state index in [1.54, 1.807) is 59.5 Å². The number of amides is 4. The Bertz CT molecular complexity index is 2620. The summed E-state index contributed by atoms with van der Waals surface area (Å²) in [6.07, 6.45) is 7.97.